The molecule has 5 rings (SSSR count). The summed E-state index contributed by atoms with van der Waals surface area (Å²) in [4.78, 5) is 22.9. The van der Waals surface area contributed by atoms with Gasteiger partial charge in [-0.2, -0.15) is 0 Å². The maximum atomic E-state index is 13.3. The molecule has 0 aliphatic heterocycles. The average molecular weight is 516 g/mol. The third kappa shape index (κ3) is 3.97. The molecule has 5 aromatic rings. The van der Waals surface area contributed by atoms with E-state index in [4.69, 9.17) is 20.4 Å². The number of nitrogens with zero attached hydrogens (tertiary/aromatic N) is 3. The third-order valence-electron chi connectivity index (χ3n) is 5.68. The van der Waals surface area contributed by atoms with E-state index in [9.17, 15) is 4.79 Å². The number of nitrogens with two attached hydrogens (primary N) is 1. The van der Waals surface area contributed by atoms with Gasteiger partial charge in [0, 0.05) is 16.7 Å². The van der Waals surface area contributed by atoms with Gasteiger partial charge in [-0.25, -0.2) is 9.97 Å². The van der Waals surface area contributed by atoms with Crippen molar-refractivity contribution in [2.45, 2.75) is 6.42 Å². The summed E-state index contributed by atoms with van der Waals surface area (Å²) in [7, 11) is 1.64. The molecule has 2 aromatic heterocycles. The van der Waals surface area contributed by atoms with Gasteiger partial charge in [0.15, 0.2) is 5.65 Å². The highest BCUT2D eigenvalue weighted by Crippen LogP contribution is 2.31. The standard InChI is InChI=1S/C26H22BrN5O2/c1-34-21-9-5-2-6-16(21)14-15-29-26(33)22-23-25(31-20-8-4-3-7-19(20)30-23)32(24(22)28)18-12-10-17(27)11-13-18/h2-13H,14-15,28H2,1H3,(H,29,33). The topological polar surface area (TPSA) is 95.1 Å². The molecule has 3 N–H and O–H groups in total. The predicted octanol–water partition coefficient (Wildman–Crippen LogP) is 4.90. The summed E-state index contributed by atoms with van der Waals surface area (Å²) in [5.41, 5.74) is 11.1. The molecule has 2 heterocycles. The highest BCUT2D eigenvalue weighted by molar-refractivity contribution is 9.10. The van der Waals surface area contributed by atoms with Crippen molar-refractivity contribution in [3.05, 3.63) is 88.4 Å². The number of halogens is 1. The van der Waals surface area contributed by atoms with Crippen molar-refractivity contribution in [2.24, 2.45) is 0 Å². The Kier molecular flexibility index (Phi) is 5.90. The average Bonchev–Trinajstić information content (AvgIpc) is 3.14. The van der Waals surface area contributed by atoms with Crippen LogP contribution in [0.4, 0.5) is 5.82 Å². The molecule has 0 bridgehead atoms. The minimum atomic E-state index is -0.294. The number of rotatable bonds is 6. The van der Waals surface area contributed by atoms with Crippen LogP contribution >= 0.6 is 15.9 Å². The summed E-state index contributed by atoms with van der Waals surface area (Å²) in [5.74, 6) is 0.792. The van der Waals surface area contributed by atoms with Crippen LogP contribution in [-0.2, 0) is 6.42 Å². The fourth-order valence-electron chi connectivity index (χ4n) is 4.05. The van der Waals surface area contributed by atoms with Crippen LogP contribution in [0.2, 0.25) is 0 Å². The predicted molar refractivity (Wildman–Crippen MR) is 138 cm³/mol. The quantitative estimate of drug-likeness (QED) is 0.335. The Bertz CT molecular complexity index is 1510. The van der Waals surface area contributed by atoms with E-state index in [1.807, 2.05) is 72.8 Å². The van der Waals surface area contributed by atoms with Crippen molar-refractivity contribution >= 4 is 49.9 Å². The first kappa shape index (κ1) is 21.9. The molecule has 170 valence electrons. The highest BCUT2D eigenvalue weighted by Gasteiger charge is 2.24. The molecule has 0 radical (unpaired) electrons. The maximum absolute atomic E-state index is 13.3. The number of amides is 1. The summed E-state index contributed by atoms with van der Waals surface area (Å²) in [5, 5.41) is 2.99. The summed E-state index contributed by atoms with van der Waals surface area (Å²) >= 11 is 3.46. The molecule has 0 fully saturated rings. The number of para-hydroxylation sites is 3. The van der Waals surface area contributed by atoms with Gasteiger partial charge in [0.1, 0.15) is 22.6 Å². The zero-order chi connectivity index (χ0) is 23.7. The summed E-state index contributed by atoms with van der Waals surface area (Å²) in [6, 6.07) is 23.0. The van der Waals surface area contributed by atoms with Crippen LogP contribution < -0.4 is 15.8 Å². The lowest BCUT2D eigenvalue weighted by Crippen LogP contribution is -2.26. The molecular weight excluding hydrogens is 494 g/mol. The maximum Gasteiger partial charge on any atom is 0.257 e. The van der Waals surface area contributed by atoms with Gasteiger partial charge in [-0.1, -0.05) is 46.3 Å². The normalized spacial score (nSPS) is 11.1. The lowest BCUT2D eigenvalue weighted by molar-refractivity contribution is 0.0956. The Balaban J connectivity index is 1.55. The van der Waals surface area contributed by atoms with Crippen molar-refractivity contribution in [2.75, 3.05) is 19.4 Å². The number of ether oxygens (including phenoxy) is 1. The third-order valence-corrected chi connectivity index (χ3v) is 6.21. The van der Waals surface area contributed by atoms with E-state index < -0.39 is 0 Å². The van der Waals surface area contributed by atoms with Crippen molar-refractivity contribution in [3.63, 3.8) is 0 Å². The summed E-state index contributed by atoms with van der Waals surface area (Å²) < 4.78 is 8.12. The van der Waals surface area contributed by atoms with Gasteiger partial charge in [-0.05, 0) is 54.4 Å². The number of hydrogen-bond acceptors (Lipinski definition) is 5. The molecule has 0 spiro atoms. The van der Waals surface area contributed by atoms with Crippen molar-refractivity contribution < 1.29 is 9.53 Å². The minimum absolute atomic E-state index is 0.294. The molecule has 3 aromatic carbocycles. The first-order chi connectivity index (χ1) is 16.6. The smallest absolute Gasteiger partial charge is 0.257 e. The lowest BCUT2D eigenvalue weighted by Gasteiger charge is -2.10. The summed E-state index contributed by atoms with van der Waals surface area (Å²) in [6.45, 7) is 0.421. The van der Waals surface area contributed by atoms with Gasteiger partial charge >= 0.3 is 0 Å². The van der Waals surface area contributed by atoms with Crippen molar-refractivity contribution in [3.8, 4) is 11.4 Å². The van der Waals surface area contributed by atoms with E-state index in [-0.39, 0.29) is 5.91 Å². The number of fused-ring (bicyclic) bond motifs is 2. The van der Waals surface area contributed by atoms with E-state index in [2.05, 4.69) is 21.2 Å². The van der Waals surface area contributed by atoms with Crippen LogP contribution in [-0.4, -0.2) is 34.1 Å². The molecule has 0 saturated carbocycles. The minimum Gasteiger partial charge on any atom is -0.496 e. The monoisotopic (exact) mass is 515 g/mol. The molecular formula is C26H22BrN5O2. The molecule has 0 atom stereocenters. The number of aromatic nitrogens is 3. The molecule has 0 aliphatic rings. The molecule has 8 heteroatoms. The number of nitrogens with one attached hydrogen (secondary N) is 1. The molecule has 1 amide bonds. The van der Waals surface area contributed by atoms with Gasteiger partial charge in [0.25, 0.3) is 5.91 Å². The second kappa shape index (κ2) is 9.15. The zero-order valence-electron chi connectivity index (χ0n) is 18.5. The summed E-state index contributed by atoms with van der Waals surface area (Å²) in [6.07, 6.45) is 0.621. The first-order valence-electron chi connectivity index (χ1n) is 10.8. The van der Waals surface area contributed by atoms with Crippen LogP contribution in [0.15, 0.2) is 77.3 Å². The van der Waals surface area contributed by atoms with E-state index in [0.29, 0.717) is 41.0 Å². The van der Waals surface area contributed by atoms with Crippen molar-refractivity contribution in [1.29, 1.82) is 0 Å². The lowest BCUT2D eigenvalue weighted by atomic mass is 10.1. The Morgan fingerprint density at radius 2 is 1.68 bits per heavy atom. The Labute approximate surface area is 204 Å². The second-order valence-electron chi connectivity index (χ2n) is 7.77. The van der Waals surface area contributed by atoms with Crippen molar-refractivity contribution in [1.82, 2.24) is 19.9 Å². The number of benzene rings is 3. The molecule has 0 aliphatic carbocycles. The van der Waals surface area contributed by atoms with Crippen LogP contribution in [0, 0.1) is 0 Å². The number of anilines is 1. The molecule has 34 heavy (non-hydrogen) atoms. The molecule has 0 unspecified atom stereocenters. The first-order valence-corrected chi connectivity index (χ1v) is 11.6. The Hall–Kier alpha value is -3.91. The zero-order valence-corrected chi connectivity index (χ0v) is 20.0. The SMILES string of the molecule is COc1ccccc1CCNC(=O)c1c(N)n(-c2ccc(Br)cc2)c2nc3ccccc3nc12. The van der Waals surface area contributed by atoms with Gasteiger partial charge in [-0.15, -0.1) is 0 Å². The van der Waals surface area contributed by atoms with Gasteiger partial charge in [0.05, 0.1) is 18.1 Å². The number of hydrogen-bond donors (Lipinski definition) is 2. The van der Waals surface area contributed by atoms with Gasteiger partial charge < -0.3 is 15.8 Å². The van der Waals surface area contributed by atoms with E-state index >= 15 is 0 Å². The van der Waals surface area contributed by atoms with Crippen LogP contribution in [0.25, 0.3) is 27.9 Å². The second-order valence-corrected chi connectivity index (χ2v) is 8.69. The fraction of sp³-hybridized carbons (Fsp3) is 0.115. The van der Waals surface area contributed by atoms with E-state index in [0.717, 1.165) is 27.0 Å². The van der Waals surface area contributed by atoms with E-state index in [1.54, 1.807) is 11.7 Å². The van der Waals surface area contributed by atoms with Gasteiger partial charge in [0.2, 0.25) is 0 Å². The van der Waals surface area contributed by atoms with Crippen LogP contribution in [0.1, 0.15) is 15.9 Å². The van der Waals surface area contributed by atoms with Gasteiger partial charge in [-0.3, -0.25) is 9.36 Å². The number of nitrogen functional groups attached to an aromatic ring is 1. The van der Waals surface area contributed by atoms with E-state index in [1.165, 1.54) is 0 Å². The molecule has 7 nitrogen and oxygen atoms in total. The number of carbonyl (C=O) groups is 1. The van der Waals surface area contributed by atoms with Crippen LogP contribution in [0.5, 0.6) is 5.75 Å². The van der Waals surface area contributed by atoms with Crippen LogP contribution in [0.3, 0.4) is 0 Å². The highest BCUT2D eigenvalue weighted by atomic mass is 79.9. The molecule has 0 saturated heterocycles. The Morgan fingerprint density at radius 3 is 2.41 bits per heavy atom. The largest absolute Gasteiger partial charge is 0.496 e. The fourth-order valence-corrected chi connectivity index (χ4v) is 4.31. The number of carbonyl (C=O) groups excluding carboxylic acids is 1. The number of methoxy groups -OCH3 is 1. The Morgan fingerprint density at radius 1 is 1.00 bits per heavy atom.